The highest BCUT2D eigenvalue weighted by Crippen LogP contribution is 2.13. The third-order valence-corrected chi connectivity index (χ3v) is 1.22. The van der Waals surface area contributed by atoms with Crippen molar-refractivity contribution in [1.82, 2.24) is 4.98 Å². The molecule has 0 amide bonds. The summed E-state index contributed by atoms with van der Waals surface area (Å²) in [5.41, 5.74) is 0.572. The van der Waals surface area contributed by atoms with Gasteiger partial charge in [-0.15, -0.1) is 0 Å². The predicted molar refractivity (Wildman–Crippen MR) is 35.5 cm³/mol. The molecule has 0 saturated carbocycles. The molecule has 0 saturated heterocycles. The lowest BCUT2D eigenvalue weighted by Crippen LogP contribution is -1.91. The summed E-state index contributed by atoms with van der Waals surface area (Å²) in [6, 6.07) is 2.82. The van der Waals surface area contributed by atoms with E-state index in [-0.39, 0.29) is 0 Å². The van der Waals surface area contributed by atoms with Crippen LogP contribution in [0, 0.1) is 12.9 Å². The SMILES string of the molecule is COc1ccc(F)nc1C. The van der Waals surface area contributed by atoms with E-state index in [2.05, 4.69) is 4.98 Å². The van der Waals surface area contributed by atoms with Gasteiger partial charge in [0.05, 0.1) is 12.8 Å². The smallest absolute Gasteiger partial charge is 0.213 e. The molecule has 0 spiro atoms. The van der Waals surface area contributed by atoms with Gasteiger partial charge < -0.3 is 4.74 Å². The average molecular weight is 141 g/mol. The van der Waals surface area contributed by atoms with Crippen LogP contribution in [0.2, 0.25) is 0 Å². The topological polar surface area (TPSA) is 22.1 Å². The summed E-state index contributed by atoms with van der Waals surface area (Å²) in [7, 11) is 1.53. The first-order chi connectivity index (χ1) is 4.74. The Kier molecular flexibility index (Phi) is 1.85. The number of aromatic nitrogens is 1. The van der Waals surface area contributed by atoms with Crippen LogP contribution >= 0.6 is 0 Å². The Bertz CT molecular complexity index is 237. The maximum Gasteiger partial charge on any atom is 0.213 e. The van der Waals surface area contributed by atoms with E-state index in [9.17, 15) is 4.39 Å². The van der Waals surface area contributed by atoms with E-state index in [4.69, 9.17) is 4.74 Å². The van der Waals surface area contributed by atoms with Crippen molar-refractivity contribution in [2.45, 2.75) is 6.92 Å². The molecule has 0 atom stereocenters. The van der Waals surface area contributed by atoms with Gasteiger partial charge in [-0.25, -0.2) is 4.98 Å². The number of methoxy groups -OCH3 is 1. The van der Waals surface area contributed by atoms with E-state index in [0.717, 1.165) is 0 Å². The fourth-order valence-electron chi connectivity index (χ4n) is 0.733. The molecule has 10 heavy (non-hydrogen) atoms. The number of halogens is 1. The molecule has 0 aliphatic heterocycles. The first-order valence-electron chi connectivity index (χ1n) is 2.91. The van der Waals surface area contributed by atoms with Crippen molar-refractivity contribution in [1.29, 1.82) is 0 Å². The van der Waals surface area contributed by atoms with E-state index in [1.807, 2.05) is 0 Å². The molecular formula is C7H8FNO. The summed E-state index contributed by atoms with van der Waals surface area (Å²) < 4.78 is 17.2. The lowest BCUT2D eigenvalue weighted by Gasteiger charge is -2.00. The van der Waals surface area contributed by atoms with Gasteiger partial charge >= 0.3 is 0 Å². The Hall–Kier alpha value is -1.12. The lowest BCUT2D eigenvalue weighted by molar-refractivity contribution is 0.406. The molecule has 3 heteroatoms. The zero-order valence-corrected chi connectivity index (χ0v) is 5.89. The van der Waals surface area contributed by atoms with Crippen LogP contribution in [0.4, 0.5) is 4.39 Å². The standard InChI is InChI=1S/C7H8FNO/c1-5-6(10-2)3-4-7(8)9-5/h3-4H,1-2H3. The fourth-order valence-corrected chi connectivity index (χ4v) is 0.733. The minimum absolute atomic E-state index is 0.474. The molecule has 1 aromatic rings. The normalized spacial score (nSPS) is 9.50. The molecule has 0 unspecified atom stereocenters. The van der Waals surface area contributed by atoms with Crippen LogP contribution in [-0.4, -0.2) is 12.1 Å². The Balaban J connectivity index is 3.07. The van der Waals surface area contributed by atoms with Gasteiger partial charge in [-0.2, -0.15) is 4.39 Å². The summed E-state index contributed by atoms with van der Waals surface area (Å²) in [5.74, 6) is 0.139. The fraction of sp³-hybridized carbons (Fsp3) is 0.286. The average Bonchev–Trinajstić information content (AvgIpc) is 1.88. The summed E-state index contributed by atoms with van der Waals surface area (Å²) in [4.78, 5) is 3.55. The molecule has 0 N–H and O–H groups in total. The first kappa shape index (κ1) is 6.99. The van der Waals surface area contributed by atoms with Crippen molar-refractivity contribution in [3.05, 3.63) is 23.8 Å². The predicted octanol–water partition coefficient (Wildman–Crippen LogP) is 1.54. The number of aryl methyl sites for hydroxylation is 1. The maximum absolute atomic E-state index is 12.3. The minimum atomic E-state index is -0.474. The van der Waals surface area contributed by atoms with E-state index >= 15 is 0 Å². The second-order valence-electron chi connectivity index (χ2n) is 1.92. The molecule has 1 rings (SSSR count). The molecule has 54 valence electrons. The molecule has 0 aromatic carbocycles. The van der Waals surface area contributed by atoms with Crippen molar-refractivity contribution in [3.63, 3.8) is 0 Å². The molecular weight excluding hydrogens is 133 g/mol. The van der Waals surface area contributed by atoms with Crippen molar-refractivity contribution in [2.75, 3.05) is 7.11 Å². The van der Waals surface area contributed by atoms with Gasteiger partial charge in [-0.3, -0.25) is 0 Å². The number of hydrogen-bond donors (Lipinski definition) is 0. The van der Waals surface area contributed by atoms with Gasteiger partial charge in [0.25, 0.3) is 0 Å². The van der Waals surface area contributed by atoms with Gasteiger partial charge in [-0.1, -0.05) is 0 Å². The third-order valence-electron chi connectivity index (χ3n) is 1.22. The Morgan fingerprint density at radius 3 is 2.70 bits per heavy atom. The van der Waals surface area contributed by atoms with Gasteiger partial charge in [0, 0.05) is 0 Å². The molecule has 0 fully saturated rings. The van der Waals surface area contributed by atoms with E-state index < -0.39 is 5.95 Å². The summed E-state index contributed by atoms with van der Waals surface area (Å²) in [6.07, 6.45) is 0. The summed E-state index contributed by atoms with van der Waals surface area (Å²) >= 11 is 0. The zero-order valence-electron chi connectivity index (χ0n) is 5.89. The van der Waals surface area contributed by atoms with Crippen molar-refractivity contribution < 1.29 is 9.13 Å². The van der Waals surface area contributed by atoms with Gasteiger partial charge in [-0.05, 0) is 19.1 Å². The maximum atomic E-state index is 12.3. The minimum Gasteiger partial charge on any atom is -0.495 e. The Morgan fingerprint density at radius 2 is 2.20 bits per heavy atom. The highest BCUT2D eigenvalue weighted by molar-refractivity contribution is 5.25. The molecule has 0 radical (unpaired) electrons. The molecule has 0 aliphatic rings. The van der Waals surface area contributed by atoms with E-state index in [0.29, 0.717) is 11.4 Å². The number of pyridine rings is 1. The second-order valence-corrected chi connectivity index (χ2v) is 1.92. The summed E-state index contributed by atoms with van der Waals surface area (Å²) in [5, 5.41) is 0. The van der Waals surface area contributed by atoms with Crippen molar-refractivity contribution in [3.8, 4) is 5.75 Å². The van der Waals surface area contributed by atoms with Crippen molar-refractivity contribution >= 4 is 0 Å². The molecule has 0 aliphatic carbocycles. The van der Waals surface area contributed by atoms with Crippen LogP contribution in [0.3, 0.4) is 0 Å². The highest BCUT2D eigenvalue weighted by Gasteiger charge is 1.98. The Morgan fingerprint density at radius 1 is 1.50 bits per heavy atom. The summed E-state index contributed by atoms with van der Waals surface area (Å²) in [6.45, 7) is 1.70. The van der Waals surface area contributed by atoms with E-state index in [1.165, 1.54) is 13.2 Å². The second kappa shape index (κ2) is 2.64. The van der Waals surface area contributed by atoms with Crippen LogP contribution in [0.5, 0.6) is 5.75 Å². The Labute approximate surface area is 58.7 Å². The van der Waals surface area contributed by atoms with Crippen LogP contribution < -0.4 is 4.74 Å². The molecule has 0 bridgehead atoms. The zero-order chi connectivity index (χ0) is 7.56. The van der Waals surface area contributed by atoms with Crippen LogP contribution in [0.15, 0.2) is 12.1 Å². The first-order valence-corrected chi connectivity index (χ1v) is 2.91. The van der Waals surface area contributed by atoms with Crippen LogP contribution in [-0.2, 0) is 0 Å². The number of rotatable bonds is 1. The highest BCUT2D eigenvalue weighted by atomic mass is 19.1. The number of hydrogen-bond acceptors (Lipinski definition) is 2. The molecule has 1 heterocycles. The van der Waals surface area contributed by atoms with Crippen LogP contribution in [0.25, 0.3) is 0 Å². The van der Waals surface area contributed by atoms with Gasteiger partial charge in [0.1, 0.15) is 5.75 Å². The number of ether oxygens (including phenoxy) is 1. The molecule has 2 nitrogen and oxygen atoms in total. The quantitative estimate of drug-likeness (QED) is 0.553. The van der Waals surface area contributed by atoms with E-state index in [1.54, 1.807) is 13.0 Å². The van der Waals surface area contributed by atoms with Crippen LogP contribution in [0.1, 0.15) is 5.69 Å². The monoisotopic (exact) mass is 141 g/mol. The molecule has 1 aromatic heterocycles. The third kappa shape index (κ3) is 1.23. The largest absolute Gasteiger partial charge is 0.495 e. The van der Waals surface area contributed by atoms with Crippen molar-refractivity contribution in [2.24, 2.45) is 0 Å². The number of nitrogens with zero attached hydrogens (tertiary/aromatic N) is 1. The lowest BCUT2D eigenvalue weighted by atomic mass is 10.3. The van der Waals surface area contributed by atoms with Gasteiger partial charge in [0.15, 0.2) is 0 Å². The van der Waals surface area contributed by atoms with Gasteiger partial charge in [0.2, 0.25) is 5.95 Å².